The van der Waals surface area contributed by atoms with Gasteiger partial charge in [0.15, 0.2) is 0 Å². The van der Waals surface area contributed by atoms with Gasteiger partial charge in [-0.15, -0.1) is 0 Å². The number of hydrogen-bond acceptors (Lipinski definition) is 4. The van der Waals surface area contributed by atoms with Crippen LogP contribution in [0.4, 0.5) is 5.69 Å². The molecule has 1 aliphatic heterocycles. The fourth-order valence-electron chi connectivity index (χ4n) is 2.27. The molecule has 0 radical (unpaired) electrons. The summed E-state index contributed by atoms with van der Waals surface area (Å²) < 4.78 is 10.0. The van der Waals surface area contributed by atoms with Gasteiger partial charge in [-0.1, -0.05) is 6.07 Å². The van der Waals surface area contributed by atoms with E-state index in [2.05, 4.69) is 38.2 Å². The van der Waals surface area contributed by atoms with Crippen molar-refractivity contribution in [1.82, 2.24) is 0 Å². The van der Waals surface area contributed by atoms with Crippen LogP contribution < -0.4 is 5.32 Å². The van der Waals surface area contributed by atoms with Crippen LogP contribution in [0.5, 0.6) is 0 Å². The topological polar surface area (TPSA) is 47.6 Å². The Labute approximate surface area is 114 Å². The zero-order valence-corrected chi connectivity index (χ0v) is 12.0. The molecule has 1 fully saturated rings. The first-order chi connectivity index (χ1) is 8.98. The molecule has 1 aliphatic rings. The molecule has 0 amide bonds. The highest BCUT2D eigenvalue weighted by Crippen LogP contribution is 2.30. The number of hydrogen-bond donors (Lipinski definition) is 1. The van der Waals surface area contributed by atoms with Gasteiger partial charge in [0.25, 0.3) is 0 Å². The van der Waals surface area contributed by atoms with Crippen LogP contribution in [0, 0.1) is 26.2 Å². The van der Waals surface area contributed by atoms with E-state index >= 15 is 0 Å². The normalized spacial score (nSPS) is 16.6. The van der Waals surface area contributed by atoms with E-state index in [0.717, 1.165) is 5.69 Å². The molecule has 0 aliphatic carbocycles. The number of ether oxygens (including phenoxy) is 2. The highest BCUT2D eigenvalue weighted by molar-refractivity contribution is 5.79. The Morgan fingerprint density at radius 2 is 1.89 bits per heavy atom. The average Bonchev–Trinajstić information content (AvgIpc) is 2.33. The molecule has 0 saturated carbocycles. The number of anilines is 1. The third-order valence-electron chi connectivity index (χ3n) is 3.83. The second-order valence-electron chi connectivity index (χ2n) is 5.37. The van der Waals surface area contributed by atoms with Crippen LogP contribution in [0.3, 0.4) is 0 Å². The van der Waals surface area contributed by atoms with Gasteiger partial charge in [-0.3, -0.25) is 4.79 Å². The maximum absolute atomic E-state index is 11.8. The summed E-state index contributed by atoms with van der Waals surface area (Å²) in [5.41, 5.74) is 4.24. The zero-order chi connectivity index (χ0) is 14.0. The fraction of sp³-hybridized carbons (Fsp3) is 0.533. The molecule has 0 atom stereocenters. The minimum Gasteiger partial charge on any atom is -0.468 e. The van der Waals surface area contributed by atoms with Gasteiger partial charge in [0.1, 0.15) is 5.41 Å². The number of rotatable bonds is 4. The number of nitrogens with one attached hydrogen (secondary N) is 1. The summed E-state index contributed by atoms with van der Waals surface area (Å²) in [5.74, 6) is -0.201. The quantitative estimate of drug-likeness (QED) is 0.846. The molecule has 104 valence electrons. The maximum Gasteiger partial charge on any atom is 0.318 e. The number of carbonyl (C=O) groups excluding carboxylic acids is 1. The Bertz CT molecular complexity index is 492. The smallest absolute Gasteiger partial charge is 0.318 e. The average molecular weight is 263 g/mol. The van der Waals surface area contributed by atoms with Gasteiger partial charge in [-0.05, 0) is 43.5 Å². The van der Waals surface area contributed by atoms with Crippen molar-refractivity contribution < 1.29 is 14.3 Å². The van der Waals surface area contributed by atoms with Crippen LogP contribution in [0.1, 0.15) is 16.7 Å². The summed E-state index contributed by atoms with van der Waals surface area (Å²) in [4.78, 5) is 11.8. The van der Waals surface area contributed by atoms with E-state index in [4.69, 9.17) is 9.47 Å². The number of aryl methyl sites for hydroxylation is 3. The molecule has 4 heteroatoms. The lowest BCUT2D eigenvalue weighted by atomic mass is 9.85. The lowest BCUT2D eigenvalue weighted by Gasteiger charge is -2.38. The molecule has 0 spiro atoms. The first-order valence-corrected chi connectivity index (χ1v) is 6.46. The molecule has 19 heavy (non-hydrogen) atoms. The number of benzene rings is 1. The van der Waals surface area contributed by atoms with Gasteiger partial charge in [0, 0.05) is 12.2 Å². The van der Waals surface area contributed by atoms with Crippen molar-refractivity contribution >= 4 is 11.7 Å². The minimum atomic E-state index is -0.528. The van der Waals surface area contributed by atoms with Crippen LogP contribution in [0.2, 0.25) is 0 Å². The van der Waals surface area contributed by atoms with Crippen molar-refractivity contribution in [1.29, 1.82) is 0 Å². The fourth-order valence-corrected chi connectivity index (χ4v) is 2.27. The third-order valence-corrected chi connectivity index (χ3v) is 3.83. The number of carbonyl (C=O) groups is 1. The first-order valence-electron chi connectivity index (χ1n) is 6.46. The molecule has 0 aromatic heterocycles. The second kappa shape index (κ2) is 5.21. The van der Waals surface area contributed by atoms with Gasteiger partial charge in [0.2, 0.25) is 0 Å². The van der Waals surface area contributed by atoms with E-state index in [9.17, 15) is 4.79 Å². The van der Waals surface area contributed by atoms with E-state index in [0.29, 0.717) is 19.8 Å². The van der Waals surface area contributed by atoms with Crippen LogP contribution in [-0.4, -0.2) is 32.8 Å². The van der Waals surface area contributed by atoms with Gasteiger partial charge < -0.3 is 14.8 Å². The highest BCUT2D eigenvalue weighted by atomic mass is 16.5. The Balaban J connectivity index is 2.10. The largest absolute Gasteiger partial charge is 0.468 e. The minimum absolute atomic E-state index is 0.201. The van der Waals surface area contributed by atoms with Crippen molar-refractivity contribution in [3.05, 3.63) is 28.8 Å². The van der Waals surface area contributed by atoms with Crippen LogP contribution in [0.15, 0.2) is 12.1 Å². The molecule has 1 heterocycles. The third kappa shape index (κ3) is 2.59. The maximum atomic E-state index is 11.8. The van der Waals surface area contributed by atoms with Crippen molar-refractivity contribution in [2.24, 2.45) is 5.41 Å². The van der Waals surface area contributed by atoms with E-state index in [1.54, 1.807) is 0 Å². The van der Waals surface area contributed by atoms with Crippen molar-refractivity contribution in [2.75, 3.05) is 32.2 Å². The predicted molar refractivity (Wildman–Crippen MR) is 74.4 cm³/mol. The number of esters is 1. The van der Waals surface area contributed by atoms with Crippen molar-refractivity contribution in [3.63, 3.8) is 0 Å². The van der Waals surface area contributed by atoms with E-state index in [1.165, 1.54) is 23.8 Å². The SMILES string of the molecule is COC(=O)C1(CNc2cc(C)c(C)cc2C)COC1. The lowest BCUT2D eigenvalue weighted by Crippen LogP contribution is -2.54. The second-order valence-corrected chi connectivity index (χ2v) is 5.37. The van der Waals surface area contributed by atoms with Gasteiger partial charge >= 0.3 is 5.97 Å². The molecule has 4 nitrogen and oxygen atoms in total. The van der Waals surface area contributed by atoms with Crippen molar-refractivity contribution in [2.45, 2.75) is 20.8 Å². The summed E-state index contributed by atoms with van der Waals surface area (Å²) in [5, 5.41) is 3.36. The lowest BCUT2D eigenvalue weighted by molar-refractivity contribution is -0.180. The Morgan fingerprint density at radius 3 is 2.42 bits per heavy atom. The molecule has 2 rings (SSSR count). The van der Waals surface area contributed by atoms with E-state index < -0.39 is 5.41 Å². The molecule has 1 N–H and O–H groups in total. The zero-order valence-electron chi connectivity index (χ0n) is 12.0. The number of methoxy groups -OCH3 is 1. The Hall–Kier alpha value is -1.55. The summed E-state index contributed by atoms with van der Waals surface area (Å²) in [6, 6.07) is 4.27. The molecule has 0 unspecified atom stereocenters. The Kier molecular flexibility index (Phi) is 3.80. The molecular formula is C15H21NO3. The van der Waals surface area contributed by atoms with Gasteiger partial charge in [-0.2, -0.15) is 0 Å². The molecule has 1 aromatic rings. The molecule has 1 saturated heterocycles. The predicted octanol–water partition coefficient (Wildman–Crippen LogP) is 2.21. The monoisotopic (exact) mass is 263 g/mol. The van der Waals surface area contributed by atoms with E-state index in [1.807, 2.05) is 0 Å². The molecule has 1 aromatic carbocycles. The summed E-state index contributed by atoms with van der Waals surface area (Å²) in [6.45, 7) is 7.65. The highest BCUT2D eigenvalue weighted by Gasteiger charge is 2.47. The van der Waals surface area contributed by atoms with Crippen LogP contribution >= 0.6 is 0 Å². The standard InChI is InChI=1S/C15H21NO3/c1-10-5-12(3)13(6-11(10)2)16-7-15(8-19-9-15)14(17)18-4/h5-6,16H,7-9H2,1-4H3. The van der Waals surface area contributed by atoms with Gasteiger partial charge in [0.05, 0.1) is 20.3 Å². The summed E-state index contributed by atoms with van der Waals surface area (Å²) >= 11 is 0. The summed E-state index contributed by atoms with van der Waals surface area (Å²) in [7, 11) is 1.42. The first kappa shape index (κ1) is 13.9. The molecular weight excluding hydrogens is 242 g/mol. The molecule has 0 bridgehead atoms. The van der Waals surface area contributed by atoms with Crippen molar-refractivity contribution in [3.8, 4) is 0 Å². The van der Waals surface area contributed by atoms with Gasteiger partial charge in [-0.25, -0.2) is 0 Å². The Morgan fingerprint density at radius 1 is 1.26 bits per heavy atom. The van der Waals surface area contributed by atoms with Crippen LogP contribution in [0.25, 0.3) is 0 Å². The van der Waals surface area contributed by atoms with E-state index in [-0.39, 0.29) is 5.97 Å². The summed E-state index contributed by atoms with van der Waals surface area (Å²) in [6.07, 6.45) is 0. The van der Waals surface area contributed by atoms with Crippen LogP contribution in [-0.2, 0) is 14.3 Å².